The van der Waals surface area contributed by atoms with Gasteiger partial charge in [0.15, 0.2) is 5.65 Å². The summed E-state index contributed by atoms with van der Waals surface area (Å²) < 4.78 is 3.18. The van der Waals surface area contributed by atoms with Gasteiger partial charge in [0.1, 0.15) is 11.7 Å². The summed E-state index contributed by atoms with van der Waals surface area (Å²) >= 11 is 0. The van der Waals surface area contributed by atoms with Gasteiger partial charge in [-0.2, -0.15) is 5.10 Å². The highest BCUT2D eigenvalue weighted by atomic mass is 16.1. The number of rotatable bonds is 3. The lowest BCUT2D eigenvalue weighted by molar-refractivity contribution is 0.620. The van der Waals surface area contributed by atoms with E-state index in [0.29, 0.717) is 17.6 Å². The molecule has 0 atom stereocenters. The SMILES string of the molecule is CNCCn1cnc2c(cnn2C)c1=O. The van der Waals surface area contributed by atoms with Crippen LogP contribution in [0, 0.1) is 0 Å². The molecule has 0 bridgehead atoms. The average Bonchev–Trinajstić information content (AvgIpc) is 2.61. The van der Waals surface area contributed by atoms with E-state index in [1.54, 1.807) is 28.8 Å². The second-order valence-corrected chi connectivity index (χ2v) is 3.35. The lowest BCUT2D eigenvalue weighted by atomic mass is 10.4. The van der Waals surface area contributed by atoms with E-state index >= 15 is 0 Å². The quantitative estimate of drug-likeness (QED) is 0.726. The maximum Gasteiger partial charge on any atom is 0.264 e. The van der Waals surface area contributed by atoms with Crippen molar-refractivity contribution in [2.45, 2.75) is 6.54 Å². The summed E-state index contributed by atoms with van der Waals surface area (Å²) in [6.45, 7) is 1.36. The molecule has 2 heterocycles. The fourth-order valence-corrected chi connectivity index (χ4v) is 1.46. The van der Waals surface area contributed by atoms with Crippen molar-refractivity contribution in [1.29, 1.82) is 0 Å². The standard InChI is InChI=1S/C9H13N5O/c1-10-3-4-14-6-11-8-7(9(14)15)5-12-13(8)2/h5-6,10H,3-4H2,1-2H3. The highest BCUT2D eigenvalue weighted by molar-refractivity contribution is 5.72. The van der Waals surface area contributed by atoms with Gasteiger partial charge in [-0.25, -0.2) is 4.98 Å². The Morgan fingerprint density at radius 1 is 1.53 bits per heavy atom. The Labute approximate surface area is 86.5 Å². The fourth-order valence-electron chi connectivity index (χ4n) is 1.46. The van der Waals surface area contributed by atoms with Crippen molar-refractivity contribution >= 4 is 11.0 Å². The third kappa shape index (κ3) is 1.63. The molecule has 0 unspecified atom stereocenters. The van der Waals surface area contributed by atoms with Crippen LogP contribution in [0.3, 0.4) is 0 Å². The fraction of sp³-hybridized carbons (Fsp3) is 0.444. The zero-order valence-corrected chi connectivity index (χ0v) is 8.77. The van der Waals surface area contributed by atoms with Gasteiger partial charge < -0.3 is 5.32 Å². The van der Waals surface area contributed by atoms with Gasteiger partial charge in [0, 0.05) is 20.1 Å². The van der Waals surface area contributed by atoms with Gasteiger partial charge in [0.05, 0.1) is 6.20 Å². The van der Waals surface area contributed by atoms with E-state index in [1.165, 1.54) is 0 Å². The molecule has 0 aliphatic rings. The maximum absolute atomic E-state index is 11.9. The molecule has 0 amide bonds. The van der Waals surface area contributed by atoms with E-state index in [2.05, 4.69) is 15.4 Å². The predicted octanol–water partition coefficient (Wildman–Crippen LogP) is -0.651. The van der Waals surface area contributed by atoms with Gasteiger partial charge in [-0.1, -0.05) is 0 Å². The number of hydrogen-bond donors (Lipinski definition) is 1. The van der Waals surface area contributed by atoms with Crippen molar-refractivity contribution in [1.82, 2.24) is 24.6 Å². The molecule has 0 spiro atoms. The minimum absolute atomic E-state index is 0.0386. The third-order valence-electron chi connectivity index (χ3n) is 2.32. The molecule has 0 aliphatic carbocycles. The third-order valence-corrected chi connectivity index (χ3v) is 2.32. The van der Waals surface area contributed by atoms with Crippen LogP contribution >= 0.6 is 0 Å². The Balaban J connectivity index is 2.51. The average molecular weight is 207 g/mol. The first-order valence-electron chi connectivity index (χ1n) is 4.76. The lowest BCUT2D eigenvalue weighted by Gasteiger charge is -2.03. The smallest absolute Gasteiger partial charge is 0.264 e. The van der Waals surface area contributed by atoms with Crippen LogP contribution in [0.15, 0.2) is 17.3 Å². The van der Waals surface area contributed by atoms with E-state index in [9.17, 15) is 4.79 Å². The number of nitrogens with zero attached hydrogens (tertiary/aromatic N) is 4. The van der Waals surface area contributed by atoms with E-state index in [0.717, 1.165) is 6.54 Å². The molecular formula is C9H13N5O. The molecule has 0 fully saturated rings. The van der Waals surface area contributed by atoms with Gasteiger partial charge in [0.2, 0.25) is 0 Å². The van der Waals surface area contributed by atoms with Gasteiger partial charge in [-0.15, -0.1) is 0 Å². The first-order chi connectivity index (χ1) is 7.24. The van der Waals surface area contributed by atoms with E-state index in [4.69, 9.17) is 0 Å². The summed E-state index contributed by atoms with van der Waals surface area (Å²) in [6, 6.07) is 0. The molecule has 0 radical (unpaired) electrons. The summed E-state index contributed by atoms with van der Waals surface area (Å²) in [5, 5.41) is 7.56. The number of fused-ring (bicyclic) bond motifs is 1. The zero-order valence-electron chi connectivity index (χ0n) is 8.77. The topological polar surface area (TPSA) is 64.7 Å². The van der Waals surface area contributed by atoms with Crippen molar-refractivity contribution < 1.29 is 0 Å². The minimum Gasteiger partial charge on any atom is -0.318 e. The first-order valence-corrected chi connectivity index (χ1v) is 4.76. The van der Waals surface area contributed by atoms with Crippen LogP contribution in [-0.2, 0) is 13.6 Å². The number of likely N-dealkylation sites (N-methyl/N-ethyl adjacent to an activating group) is 1. The van der Waals surface area contributed by atoms with Crippen LogP contribution in [0.4, 0.5) is 0 Å². The van der Waals surface area contributed by atoms with Crippen molar-refractivity contribution in [3.8, 4) is 0 Å². The van der Waals surface area contributed by atoms with Crippen LogP contribution < -0.4 is 10.9 Å². The molecule has 0 aromatic carbocycles. The molecular weight excluding hydrogens is 194 g/mol. The van der Waals surface area contributed by atoms with Crippen LogP contribution in [-0.4, -0.2) is 32.9 Å². The summed E-state index contributed by atoms with van der Waals surface area (Å²) in [6.07, 6.45) is 3.12. The second kappa shape index (κ2) is 3.82. The molecule has 6 heteroatoms. The molecule has 15 heavy (non-hydrogen) atoms. The molecule has 80 valence electrons. The monoisotopic (exact) mass is 207 g/mol. The molecule has 0 saturated heterocycles. The maximum atomic E-state index is 11.9. The number of hydrogen-bond acceptors (Lipinski definition) is 4. The lowest BCUT2D eigenvalue weighted by Crippen LogP contribution is -2.25. The number of aryl methyl sites for hydroxylation is 1. The molecule has 1 N–H and O–H groups in total. The summed E-state index contributed by atoms with van der Waals surface area (Å²) in [4.78, 5) is 16.1. The van der Waals surface area contributed by atoms with Gasteiger partial charge >= 0.3 is 0 Å². The molecule has 0 aliphatic heterocycles. The van der Waals surface area contributed by atoms with Gasteiger partial charge in [-0.05, 0) is 7.05 Å². The van der Waals surface area contributed by atoms with Crippen LogP contribution in [0.5, 0.6) is 0 Å². The Kier molecular flexibility index (Phi) is 2.51. The predicted molar refractivity (Wildman–Crippen MR) is 56.7 cm³/mol. The molecule has 2 aromatic heterocycles. The minimum atomic E-state index is -0.0386. The Bertz CT molecular complexity index is 527. The molecule has 2 aromatic rings. The second-order valence-electron chi connectivity index (χ2n) is 3.35. The van der Waals surface area contributed by atoms with Crippen molar-refractivity contribution in [3.05, 3.63) is 22.9 Å². The normalized spacial score (nSPS) is 11.1. The zero-order chi connectivity index (χ0) is 10.8. The number of nitrogens with one attached hydrogen (secondary N) is 1. The highest BCUT2D eigenvalue weighted by Gasteiger charge is 2.06. The highest BCUT2D eigenvalue weighted by Crippen LogP contribution is 2.02. The number of aromatic nitrogens is 4. The Morgan fingerprint density at radius 2 is 2.33 bits per heavy atom. The van der Waals surface area contributed by atoms with Crippen molar-refractivity contribution in [2.75, 3.05) is 13.6 Å². The summed E-state index contributed by atoms with van der Waals surface area (Å²) in [5.74, 6) is 0. The van der Waals surface area contributed by atoms with Gasteiger partial charge in [0.25, 0.3) is 5.56 Å². The van der Waals surface area contributed by atoms with E-state index < -0.39 is 0 Å². The van der Waals surface area contributed by atoms with Crippen LogP contribution in [0.1, 0.15) is 0 Å². The summed E-state index contributed by atoms with van der Waals surface area (Å²) in [5.41, 5.74) is 0.587. The van der Waals surface area contributed by atoms with E-state index in [1.807, 2.05) is 7.05 Å². The van der Waals surface area contributed by atoms with Crippen LogP contribution in [0.25, 0.3) is 11.0 Å². The Morgan fingerprint density at radius 3 is 3.07 bits per heavy atom. The van der Waals surface area contributed by atoms with Crippen LogP contribution in [0.2, 0.25) is 0 Å². The van der Waals surface area contributed by atoms with E-state index in [-0.39, 0.29) is 5.56 Å². The van der Waals surface area contributed by atoms with Crippen molar-refractivity contribution in [2.24, 2.45) is 7.05 Å². The first kappa shape index (κ1) is 9.85. The summed E-state index contributed by atoms with van der Waals surface area (Å²) in [7, 11) is 3.62. The Hall–Kier alpha value is -1.69. The molecule has 2 rings (SSSR count). The molecule has 6 nitrogen and oxygen atoms in total. The molecule has 0 saturated carbocycles. The van der Waals surface area contributed by atoms with Crippen molar-refractivity contribution in [3.63, 3.8) is 0 Å². The largest absolute Gasteiger partial charge is 0.318 e. The van der Waals surface area contributed by atoms with Gasteiger partial charge in [-0.3, -0.25) is 14.0 Å².